The number of benzene rings is 1. The van der Waals surface area contributed by atoms with Crippen LogP contribution in [-0.4, -0.2) is 11.3 Å². The van der Waals surface area contributed by atoms with Crippen molar-refractivity contribution in [1.29, 1.82) is 0 Å². The normalized spacial score (nSPS) is 10.4. The second kappa shape index (κ2) is 4.69. The fourth-order valence-electron chi connectivity index (χ4n) is 2.11. The summed E-state index contributed by atoms with van der Waals surface area (Å²) in [4.78, 5) is 15.1. The van der Waals surface area contributed by atoms with E-state index in [2.05, 4.69) is 4.98 Å². The van der Waals surface area contributed by atoms with Gasteiger partial charge in [0.25, 0.3) is 0 Å². The molecule has 0 N–H and O–H groups in total. The molecule has 3 heteroatoms. The molecule has 0 atom stereocenters. The molecule has 92 valence electrons. The number of carbonyl (C=O) groups is 1. The first-order valence-corrected chi connectivity index (χ1v) is 5.73. The first-order valence-electron chi connectivity index (χ1n) is 5.73. The van der Waals surface area contributed by atoms with Gasteiger partial charge in [-0.2, -0.15) is 0 Å². The summed E-state index contributed by atoms with van der Waals surface area (Å²) in [5.74, 6) is -0.542. The quantitative estimate of drug-likeness (QED) is 0.754. The molecule has 0 unspecified atom stereocenters. The Kier molecular flexibility index (Phi) is 3.24. The minimum atomic E-state index is -0.542. The summed E-state index contributed by atoms with van der Waals surface area (Å²) in [5.41, 5.74) is 4.03. The van der Waals surface area contributed by atoms with Crippen LogP contribution in [-0.2, 0) is 0 Å². The Morgan fingerprint density at radius 2 is 1.78 bits per heavy atom. The zero-order valence-corrected chi connectivity index (χ0v) is 10.6. The first-order chi connectivity index (χ1) is 8.54. The van der Waals surface area contributed by atoms with Gasteiger partial charge in [-0.1, -0.05) is 18.2 Å². The van der Waals surface area contributed by atoms with E-state index in [1.54, 1.807) is 6.92 Å². The van der Waals surface area contributed by atoms with Crippen LogP contribution in [0.2, 0.25) is 0 Å². The van der Waals surface area contributed by atoms with E-state index >= 15 is 0 Å². The number of rotatable bonds is 2. The van der Waals surface area contributed by atoms with Crippen LogP contribution in [0.25, 0.3) is 11.3 Å². The van der Waals surface area contributed by atoms with Gasteiger partial charge >= 0.3 is 0 Å². The molecule has 2 nitrogen and oxygen atoms in total. The molecule has 0 saturated heterocycles. The van der Waals surface area contributed by atoms with Crippen molar-refractivity contribution >= 4 is 6.29 Å². The standard InChI is InChI=1S/C15H14FNO/c1-9-5-4-6-10(2)14(9)13-7-12(8-18)15(16)11(3)17-13/h4-8H,1-3H3. The highest BCUT2D eigenvalue weighted by Crippen LogP contribution is 2.27. The van der Waals surface area contributed by atoms with Crippen molar-refractivity contribution in [1.82, 2.24) is 4.98 Å². The SMILES string of the molecule is Cc1cccc(C)c1-c1cc(C=O)c(F)c(C)n1. The molecule has 0 saturated carbocycles. The highest BCUT2D eigenvalue weighted by Gasteiger charge is 2.12. The van der Waals surface area contributed by atoms with Gasteiger partial charge in [-0.15, -0.1) is 0 Å². The summed E-state index contributed by atoms with van der Waals surface area (Å²) in [6.07, 6.45) is 0.529. The van der Waals surface area contributed by atoms with Gasteiger partial charge in [0.2, 0.25) is 0 Å². The van der Waals surface area contributed by atoms with Crippen LogP contribution >= 0.6 is 0 Å². The molecule has 0 radical (unpaired) electrons. The summed E-state index contributed by atoms with van der Waals surface area (Å²) in [6.45, 7) is 5.52. The Morgan fingerprint density at radius 1 is 1.17 bits per heavy atom. The smallest absolute Gasteiger partial charge is 0.154 e. The number of nitrogens with zero attached hydrogens (tertiary/aromatic N) is 1. The Bertz CT molecular complexity index is 600. The van der Waals surface area contributed by atoms with Crippen molar-refractivity contribution in [3.63, 3.8) is 0 Å². The van der Waals surface area contributed by atoms with Gasteiger partial charge in [0.1, 0.15) is 0 Å². The van der Waals surface area contributed by atoms with Crippen LogP contribution in [0.1, 0.15) is 27.2 Å². The van der Waals surface area contributed by atoms with E-state index in [1.807, 2.05) is 32.0 Å². The van der Waals surface area contributed by atoms with Crippen molar-refractivity contribution in [3.8, 4) is 11.3 Å². The average Bonchev–Trinajstić information content (AvgIpc) is 2.33. The zero-order valence-electron chi connectivity index (χ0n) is 10.6. The van der Waals surface area contributed by atoms with Gasteiger partial charge in [-0.25, -0.2) is 4.39 Å². The molecule has 0 aliphatic heterocycles. The lowest BCUT2D eigenvalue weighted by molar-refractivity contribution is 0.111. The maximum absolute atomic E-state index is 13.6. The van der Waals surface area contributed by atoms with Crippen LogP contribution < -0.4 is 0 Å². The van der Waals surface area contributed by atoms with E-state index in [1.165, 1.54) is 6.07 Å². The van der Waals surface area contributed by atoms with Gasteiger partial charge in [-0.3, -0.25) is 9.78 Å². The molecule has 1 aromatic carbocycles. The van der Waals surface area contributed by atoms with Crippen molar-refractivity contribution in [2.45, 2.75) is 20.8 Å². The van der Waals surface area contributed by atoms with E-state index in [0.29, 0.717) is 12.0 Å². The maximum Gasteiger partial charge on any atom is 0.154 e. The van der Waals surface area contributed by atoms with Gasteiger partial charge < -0.3 is 0 Å². The number of carbonyl (C=O) groups excluding carboxylic acids is 1. The molecular formula is C15H14FNO. The van der Waals surface area contributed by atoms with Crippen molar-refractivity contribution in [2.24, 2.45) is 0 Å². The first kappa shape index (κ1) is 12.4. The number of aryl methyl sites for hydroxylation is 3. The van der Waals surface area contributed by atoms with E-state index in [-0.39, 0.29) is 11.3 Å². The number of pyridine rings is 1. The summed E-state index contributed by atoms with van der Waals surface area (Å²) < 4.78 is 13.6. The van der Waals surface area contributed by atoms with Crippen molar-refractivity contribution in [3.05, 3.63) is 52.5 Å². The van der Waals surface area contributed by atoms with Crippen LogP contribution in [0.4, 0.5) is 4.39 Å². The monoisotopic (exact) mass is 243 g/mol. The third kappa shape index (κ3) is 2.04. The van der Waals surface area contributed by atoms with E-state index < -0.39 is 5.82 Å². The molecular weight excluding hydrogens is 229 g/mol. The molecule has 0 spiro atoms. The largest absolute Gasteiger partial charge is 0.298 e. The fourth-order valence-corrected chi connectivity index (χ4v) is 2.11. The topological polar surface area (TPSA) is 30.0 Å². The van der Waals surface area contributed by atoms with Crippen LogP contribution in [0.3, 0.4) is 0 Å². The lowest BCUT2D eigenvalue weighted by atomic mass is 9.98. The number of aromatic nitrogens is 1. The summed E-state index contributed by atoms with van der Waals surface area (Å²) >= 11 is 0. The molecule has 0 aliphatic carbocycles. The third-order valence-electron chi connectivity index (χ3n) is 3.02. The molecule has 1 aromatic heterocycles. The number of hydrogen-bond acceptors (Lipinski definition) is 2. The number of halogens is 1. The molecule has 1 heterocycles. The van der Waals surface area contributed by atoms with Gasteiger partial charge in [-0.05, 0) is 38.0 Å². The van der Waals surface area contributed by atoms with Crippen molar-refractivity contribution in [2.75, 3.05) is 0 Å². The number of aldehydes is 1. The zero-order chi connectivity index (χ0) is 13.3. The van der Waals surface area contributed by atoms with E-state index in [9.17, 15) is 9.18 Å². The summed E-state index contributed by atoms with van der Waals surface area (Å²) in [7, 11) is 0. The Hall–Kier alpha value is -2.03. The molecule has 0 amide bonds. The molecule has 0 bridgehead atoms. The fraction of sp³-hybridized carbons (Fsp3) is 0.200. The Morgan fingerprint density at radius 3 is 2.33 bits per heavy atom. The second-order valence-corrected chi connectivity index (χ2v) is 4.38. The third-order valence-corrected chi connectivity index (χ3v) is 3.02. The molecule has 2 aromatic rings. The summed E-state index contributed by atoms with van der Waals surface area (Å²) in [6, 6.07) is 7.42. The van der Waals surface area contributed by atoms with Crippen LogP contribution in [0.15, 0.2) is 24.3 Å². The van der Waals surface area contributed by atoms with E-state index in [4.69, 9.17) is 0 Å². The molecule has 0 fully saturated rings. The Balaban J connectivity index is 2.72. The predicted octanol–water partition coefficient (Wildman–Crippen LogP) is 3.63. The van der Waals surface area contributed by atoms with Crippen LogP contribution in [0, 0.1) is 26.6 Å². The number of hydrogen-bond donors (Lipinski definition) is 0. The highest BCUT2D eigenvalue weighted by atomic mass is 19.1. The predicted molar refractivity (Wildman–Crippen MR) is 69.2 cm³/mol. The highest BCUT2D eigenvalue weighted by molar-refractivity contribution is 5.79. The van der Waals surface area contributed by atoms with Gasteiger partial charge in [0.05, 0.1) is 17.0 Å². The lowest BCUT2D eigenvalue weighted by Gasteiger charge is -2.11. The lowest BCUT2D eigenvalue weighted by Crippen LogP contribution is -1.99. The average molecular weight is 243 g/mol. The summed E-state index contributed by atoms with van der Waals surface area (Å²) in [5, 5.41) is 0. The van der Waals surface area contributed by atoms with Crippen LogP contribution in [0.5, 0.6) is 0 Å². The molecule has 2 rings (SSSR count). The second-order valence-electron chi connectivity index (χ2n) is 4.38. The minimum Gasteiger partial charge on any atom is -0.298 e. The van der Waals surface area contributed by atoms with Gasteiger partial charge in [0, 0.05) is 5.56 Å². The maximum atomic E-state index is 13.6. The van der Waals surface area contributed by atoms with E-state index in [0.717, 1.165) is 16.7 Å². The molecule has 18 heavy (non-hydrogen) atoms. The minimum absolute atomic E-state index is 0.0557. The molecule has 0 aliphatic rings. The Labute approximate surface area is 105 Å². The van der Waals surface area contributed by atoms with Crippen molar-refractivity contribution < 1.29 is 9.18 Å². The van der Waals surface area contributed by atoms with Gasteiger partial charge in [0.15, 0.2) is 12.1 Å².